The SMILES string of the molecule is Cc1nc2c(c(=O)n1C)CCN(C(=O)c1ccc3nnc(C(O)C(C)C)n3c1)CC2. The molecular formula is C21H26N6O3. The molecule has 3 aromatic rings. The lowest BCUT2D eigenvalue weighted by Gasteiger charge is -2.20. The maximum Gasteiger partial charge on any atom is 0.256 e. The van der Waals surface area contributed by atoms with Gasteiger partial charge in [0.2, 0.25) is 0 Å². The molecule has 0 bridgehead atoms. The number of aryl methyl sites for hydroxylation is 1. The summed E-state index contributed by atoms with van der Waals surface area (Å²) in [7, 11) is 1.72. The monoisotopic (exact) mass is 410 g/mol. The molecule has 0 aromatic carbocycles. The molecule has 3 aromatic heterocycles. The van der Waals surface area contributed by atoms with Crippen LogP contribution in [0, 0.1) is 12.8 Å². The molecule has 0 saturated heterocycles. The highest BCUT2D eigenvalue weighted by atomic mass is 16.3. The fourth-order valence-corrected chi connectivity index (χ4v) is 3.79. The van der Waals surface area contributed by atoms with Crippen molar-refractivity contribution in [1.29, 1.82) is 0 Å². The standard InChI is InChI=1S/C21H26N6O3/c1-12(2)18(28)19-24-23-17-6-5-14(11-27(17)19)20(29)26-9-7-15-16(8-10-26)22-13(3)25(4)21(15)30/h5-6,11-12,18,28H,7-10H2,1-4H3. The fourth-order valence-electron chi connectivity index (χ4n) is 3.79. The number of aliphatic hydroxyl groups excluding tert-OH is 1. The van der Waals surface area contributed by atoms with E-state index in [1.54, 1.807) is 39.2 Å². The molecule has 30 heavy (non-hydrogen) atoms. The van der Waals surface area contributed by atoms with Gasteiger partial charge >= 0.3 is 0 Å². The zero-order chi connectivity index (χ0) is 21.6. The molecule has 9 heteroatoms. The second kappa shape index (κ2) is 7.64. The molecule has 0 fully saturated rings. The first-order valence-electron chi connectivity index (χ1n) is 10.1. The molecule has 1 N–H and O–H groups in total. The van der Waals surface area contributed by atoms with Gasteiger partial charge in [0.05, 0.1) is 11.3 Å². The van der Waals surface area contributed by atoms with Gasteiger partial charge in [-0.15, -0.1) is 10.2 Å². The maximum absolute atomic E-state index is 13.2. The number of pyridine rings is 1. The summed E-state index contributed by atoms with van der Waals surface area (Å²) >= 11 is 0. The lowest BCUT2D eigenvalue weighted by Crippen LogP contribution is -2.33. The van der Waals surface area contributed by atoms with E-state index in [-0.39, 0.29) is 17.4 Å². The Kier molecular flexibility index (Phi) is 5.15. The summed E-state index contributed by atoms with van der Waals surface area (Å²) < 4.78 is 3.23. The van der Waals surface area contributed by atoms with Crippen LogP contribution in [0.5, 0.6) is 0 Å². The van der Waals surface area contributed by atoms with Gasteiger partial charge in [-0.25, -0.2) is 4.98 Å². The van der Waals surface area contributed by atoms with Crippen molar-refractivity contribution in [2.75, 3.05) is 13.1 Å². The Morgan fingerprint density at radius 2 is 1.90 bits per heavy atom. The van der Waals surface area contributed by atoms with Crippen molar-refractivity contribution in [2.45, 2.75) is 39.7 Å². The highest BCUT2D eigenvalue weighted by Crippen LogP contribution is 2.21. The lowest BCUT2D eigenvalue weighted by molar-refractivity contribution is 0.0762. The van der Waals surface area contributed by atoms with Gasteiger partial charge in [0.25, 0.3) is 11.5 Å². The van der Waals surface area contributed by atoms with Crippen LogP contribution in [-0.2, 0) is 19.9 Å². The van der Waals surface area contributed by atoms with Crippen LogP contribution in [0.1, 0.15) is 53.2 Å². The number of carbonyl (C=O) groups is 1. The third kappa shape index (κ3) is 3.39. The molecule has 1 unspecified atom stereocenters. The topological polar surface area (TPSA) is 106 Å². The van der Waals surface area contributed by atoms with E-state index in [0.717, 1.165) is 5.69 Å². The Bertz CT molecular complexity index is 1180. The van der Waals surface area contributed by atoms with Crippen LogP contribution in [0.15, 0.2) is 23.1 Å². The average molecular weight is 410 g/mol. The average Bonchev–Trinajstić information content (AvgIpc) is 3.03. The Balaban J connectivity index is 1.62. The smallest absolute Gasteiger partial charge is 0.256 e. The Hall–Kier alpha value is -3.07. The predicted octanol–water partition coefficient (Wildman–Crippen LogP) is 1.06. The van der Waals surface area contributed by atoms with Crippen molar-refractivity contribution in [3.8, 4) is 0 Å². The molecule has 0 radical (unpaired) electrons. The second-order valence-electron chi connectivity index (χ2n) is 8.13. The van der Waals surface area contributed by atoms with E-state index < -0.39 is 6.10 Å². The van der Waals surface area contributed by atoms with Crippen LogP contribution in [-0.4, -0.2) is 53.2 Å². The maximum atomic E-state index is 13.2. The van der Waals surface area contributed by atoms with Gasteiger partial charge in [-0.05, 0) is 31.4 Å². The third-order valence-corrected chi connectivity index (χ3v) is 5.80. The minimum Gasteiger partial charge on any atom is -0.385 e. The van der Waals surface area contributed by atoms with Crippen molar-refractivity contribution < 1.29 is 9.90 Å². The van der Waals surface area contributed by atoms with Crippen molar-refractivity contribution in [2.24, 2.45) is 13.0 Å². The summed E-state index contributed by atoms with van der Waals surface area (Å²) in [6, 6.07) is 3.45. The molecule has 0 saturated carbocycles. The number of hydrogen-bond donors (Lipinski definition) is 1. The molecule has 4 heterocycles. The Labute approximate surface area is 174 Å². The molecule has 0 spiro atoms. The first kappa shape index (κ1) is 20.2. The molecule has 158 valence electrons. The number of fused-ring (bicyclic) bond motifs is 2. The highest BCUT2D eigenvalue weighted by Gasteiger charge is 2.24. The zero-order valence-corrected chi connectivity index (χ0v) is 17.7. The molecule has 9 nitrogen and oxygen atoms in total. The predicted molar refractivity (Wildman–Crippen MR) is 110 cm³/mol. The van der Waals surface area contributed by atoms with Gasteiger partial charge in [0.1, 0.15) is 11.9 Å². The minimum atomic E-state index is -0.774. The number of aliphatic hydroxyl groups is 1. The van der Waals surface area contributed by atoms with E-state index in [2.05, 4.69) is 15.2 Å². The summed E-state index contributed by atoms with van der Waals surface area (Å²) in [6.07, 6.45) is 1.93. The fraction of sp³-hybridized carbons (Fsp3) is 0.476. The minimum absolute atomic E-state index is 0.0283. The third-order valence-electron chi connectivity index (χ3n) is 5.80. The zero-order valence-electron chi connectivity index (χ0n) is 17.7. The van der Waals surface area contributed by atoms with Crippen LogP contribution in [0.2, 0.25) is 0 Å². The summed E-state index contributed by atoms with van der Waals surface area (Å²) in [5, 5.41) is 18.6. The van der Waals surface area contributed by atoms with Crippen LogP contribution in [0.25, 0.3) is 5.65 Å². The van der Waals surface area contributed by atoms with Crippen LogP contribution >= 0.6 is 0 Å². The van der Waals surface area contributed by atoms with Gasteiger partial charge in [-0.1, -0.05) is 13.8 Å². The molecule has 0 aliphatic carbocycles. The number of rotatable bonds is 3. The molecule has 1 amide bonds. The van der Waals surface area contributed by atoms with E-state index in [0.29, 0.717) is 54.4 Å². The Morgan fingerprint density at radius 3 is 2.63 bits per heavy atom. The van der Waals surface area contributed by atoms with Crippen molar-refractivity contribution >= 4 is 11.6 Å². The number of hydrogen-bond acceptors (Lipinski definition) is 6. The van der Waals surface area contributed by atoms with Crippen LogP contribution < -0.4 is 5.56 Å². The molecule has 1 atom stereocenters. The molecule has 4 rings (SSSR count). The van der Waals surface area contributed by atoms with Crippen LogP contribution in [0.3, 0.4) is 0 Å². The van der Waals surface area contributed by atoms with Gasteiger partial charge in [-0.3, -0.25) is 18.6 Å². The number of nitrogens with zero attached hydrogens (tertiary/aromatic N) is 6. The van der Waals surface area contributed by atoms with E-state index in [1.807, 2.05) is 20.8 Å². The van der Waals surface area contributed by atoms with Crippen molar-refractivity contribution in [1.82, 2.24) is 29.0 Å². The van der Waals surface area contributed by atoms with Gasteiger partial charge < -0.3 is 10.0 Å². The largest absolute Gasteiger partial charge is 0.385 e. The summed E-state index contributed by atoms with van der Waals surface area (Å²) in [5.74, 6) is 0.935. The van der Waals surface area contributed by atoms with E-state index in [4.69, 9.17) is 0 Å². The van der Waals surface area contributed by atoms with E-state index >= 15 is 0 Å². The van der Waals surface area contributed by atoms with Gasteiger partial charge in [0, 0.05) is 38.3 Å². The Morgan fingerprint density at radius 1 is 1.17 bits per heavy atom. The van der Waals surface area contributed by atoms with Crippen LogP contribution in [0.4, 0.5) is 0 Å². The van der Waals surface area contributed by atoms with E-state index in [1.165, 1.54) is 0 Å². The summed E-state index contributed by atoms with van der Waals surface area (Å²) in [6.45, 7) is 6.55. The molecule has 1 aliphatic rings. The summed E-state index contributed by atoms with van der Waals surface area (Å²) in [5.41, 5.74) is 2.50. The summed E-state index contributed by atoms with van der Waals surface area (Å²) in [4.78, 5) is 32.1. The molecular weight excluding hydrogens is 384 g/mol. The van der Waals surface area contributed by atoms with Gasteiger partial charge in [-0.2, -0.15) is 0 Å². The quantitative estimate of drug-likeness (QED) is 0.692. The lowest BCUT2D eigenvalue weighted by atomic mass is 10.1. The van der Waals surface area contributed by atoms with Crippen molar-refractivity contribution in [3.63, 3.8) is 0 Å². The van der Waals surface area contributed by atoms with E-state index in [9.17, 15) is 14.7 Å². The molecule has 1 aliphatic heterocycles. The van der Waals surface area contributed by atoms with Gasteiger partial charge in [0.15, 0.2) is 11.5 Å². The first-order chi connectivity index (χ1) is 14.3. The number of carbonyl (C=O) groups excluding carboxylic acids is 1. The normalized spacial score (nSPS) is 15.3. The number of amides is 1. The second-order valence-corrected chi connectivity index (χ2v) is 8.13. The highest BCUT2D eigenvalue weighted by molar-refractivity contribution is 5.94. The van der Waals surface area contributed by atoms with Crippen molar-refractivity contribution in [3.05, 3.63) is 57.2 Å². The first-order valence-corrected chi connectivity index (χ1v) is 10.1. The number of aromatic nitrogens is 5.